The highest BCUT2D eigenvalue weighted by atomic mass is 32.2. The molecule has 11 heteroatoms. The van der Waals surface area contributed by atoms with E-state index < -0.39 is 17.6 Å². The molecule has 31 heavy (non-hydrogen) atoms. The third kappa shape index (κ3) is 7.07. The van der Waals surface area contributed by atoms with Gasteiger partial charge in [-0.3, -0.25) is 9.59 Å². The second kappa shape index (κ2) is 10.4. The minimum atomic E-state index is -4.57. The lowest BCUT2D eigenvalue weighted by molar-refractivity contribution is -0.137. The predicted molar refractivity (Wildman–Crippen MR) is 114 cm³/mol. The quantitative estimate of drug-likeness (QED) is 0.366. The largest absolute Gasteiger partial charge is 0.418 e. The highest BCUT2D eigenvalue weighted by molar-refractivity contribution is 8.01. The van der Waals surface area contributed by atoms with Crippen molar-refractivity contribution in [2.24, 2.45) is 0 Å². The van der Waals surface area contributed by atoms with Gasteiger partial charge in [0.1, 0.15) is 0 Å². The summed E-state index contributed by atoms with van der Waals surface area (Å²) in [5, 5.41) is 12.9. The summed E-state index contributed by atoms with van der Waals surface area (Å²) in [6.45, 7) is 0. The fourth-order valence-electron chi connectivity index (χ4n) is 2.56. The number of nitrogens with zero attached hydrogens (tertiary/aromatic N) is 2. The van der Waals surface area contributed by atoms with E-state index in [1.165, 1.54) is 18.2 Å². The number of hydrogen-bond acceptors (Lipinski definition) is 6. The van der Waals surface area contributed by atoms with Crippen molar-refractivity contribution >= 4 is 45.7 Å². The van der Waals surface area contributed by atoms with Gasteiger partial charge in [0.05, 0.1) is 17.0 Å². The Labute approximate surface area is 184 Å². The Morgan fingerprint density at radius 1 is 0.935 bits per heavy atom. The molecule has 0 aliphatic carbocycles. The number of aryl methyl sites for hydroxylation is 1. The van der Waals surface area contributed by atoms with Crippen molar-refractivity contribution in [1.82, 2.24) is 10.2 Å². The first-order valence-electron chi connectivity index (χ1n) is 9.07. The van der Waals surface area contributed by atoms with Crippen LogP contribution in [0.3, 0.4) is 0 Å². The van der Waals surface area contributed by atoms with Gasteiger partial charge in [0, 0.05) is 6.42 Å². The smallest absolute Gasteiger partial charge is 0.325 e. The molecule has 0 atom stereocenters. The summed E-state index contributed by atoms with van der Waals surface area (Å²) in [6.07, 6.45) is -3.69. The lowest BCUT2D eigenvalue weighted by Crippen LogP contribution is -2.18. The SMILES string of the molecule is O=C(CCc1ccccc1)Nc1nnc(SCC(=O)Nc2ccccc2C(F)(F)F)s1. The van der Waals surface area contributed by atoms with Gasteiger partial charge < -0.3 is 10.6 Å². The van der Waals surface area contributed by atoms with Crippen LogP contribution in [-0.4, -0.2) is 27.8 Å². The third-order valence-corrected chi connectivity index (χ3v) is 5.94. The summed E-state index contributed by atoms with van der Waals surface area (Å²) < 4.78 is 39.4. The molecule has 1 aromatic heterocycles. The van der Waals surface area contributed by atoms with Crippen LogP contribution in [0.5, 0.6) is 0 Å². The number of halogens is 3. The van der Waals surface area contributed by atoms with Gasteiger partial charge in [0.25, 0.3) is 0 Å². The highest BCUT2D eigenvalue weighted by Crippen LogP contribution is 2.34. The molecular weight excluding hydrogens is 449 g/mol. The molecule has 0 radical (unpaired) electrons. The van der Waals surface area contributed by atoms with Gasteiger partial charge in [0.2, 0.25) is 16.9 Å². The Balaban J connectivity index is 1.47. The number of alkyl halides is 3. The molecule has 0 unspecified atom stereocenters. The lowest BCUT2D eigenvalue weighted by Gasteiger charge is -2.13. The van der Waals surface area contributed by atoms with Gasteiger partial charge in [-0.05, 0) is 24.1 Å². The van der Waals surface area contributed by atoms with Crippen LogP contribution in [0, 0.1) is 0 Å². The summed E-state index contributed by atoms with van der Waals surface area (Å²) in [5.41, 5.74) is -0.168. The van der Waals surface area contributed by atoms with Crippen LogP contribution in [-0.2, 0) is 22.2 Å². The molecule has 2 N–H and O–H groups in total. The molecule has 6 nitrogen and oxygen atoms in total. The summed E-state index contributed by atoms with van der Waals surface area (Å²) in [5.74, 6) is -0.966. The van der Waals surface area contributed by atoms with Gasteiger partial charge in [-0.1, -0.05) is 65.6 Å². The predicted octanol–water partition coefficient (Wildman–Crippen LogP) is 4.86. The van der Waals surface area contributed by atoms with Gasteiger partial charge in [-0.2, -0.15) is 13.2 Å². The van der Waals surface area contributed by atoms with E-state index in [9.17, 15) is 22.8 Å². The van der Waals surface area contributed by atoms with Crippen LogP contribution in [0.25, 0.3) is 0 Å². The maximum Gasteiger partial charge on any atom is 0.418 e. The number of amides is 2. The molecule has 0 aliphatic heterocycles. The van der Waals surface area contributed by atoms with Crippen molar-refractivity contribution in [2.75, 3.05) is 16.4 Å². The lowest BCUT2D eigenvalue weighted by atomic mass is 10.1. The number of hydrogen-bond donors (Lipinski definition) is 2. The molecule has 0 spiro atoms. The second-order valence-electron chi connectivity index (χ2n) is 6.29. The molecule has 0 fully saturated rings. The van der Waals surface area contributed by atoms with Crippen molar-refractivity contribution in [2.45, 2.75) is 23.4 Å². The van der Waals surface area contributed by atoms with E-state index in [1.807, 2.05) is 30.3 Å². The van der Waals surface area contributed by atoms with E-state index in [-0.39, 0.29) is 23.8 Å². The number of aromatic nitrogens is 2. The zero-order valence-electron chi connectivity index (χ0n) is 16.0. The van der Waals surface area contributed by atoms with Crippen LogP contribution >= 0.6 is 23.1 Å². The summed E-state index contributed by atoms with van der Waals surface area (Å²) >= 11 is 2.11. The standard InChI is InChI=1S/C20H17F3N4O2S2/c21-20(22,23)14-8-4-5-9-15(14)24-17(29)12-30-19-27-26-18(31-19)25-16(28)11-10-13-6-2-1-3-7-13/h1-9H,10-12H2,(H,24,29)(H,25,26,28). The van der Waals surface area contributed by atoms with Crippen molar-refractivity contribution in [1.29, 1.82) is 0 Å². The molecule has 0 aliphatic rings. The van der Waals surface area contributed by atoms with Crippen molar-refractivity contribution in [3.8, 4) is 0 Å². The number of nitrogens with one attached hydrogen (secondary N) is 2. The second-order valence-corrected chi connectivity index (χ2v) is 8.49. The number of carbonyl (C=O) groups excluding carboxylic acids is 2. The first-order valence-corrected chi connectivity index (χ1v) is 10.9. The number of anilines is 2. The first kappa shape index (κ1) is 22.8. The number of rotatable bonds is 8. The van der Waals surface area contributed by atoms with Gasteiger partial charge in [-0.15, -0.1) is 10.2 Å². The van der Waals surface area contributed by atoms with Gasteiger partial charge in [-0.25, -0.2) is 0 Å². The molecular formula is C20H17F3N4O2S2. The first-order chi connectivity index (χ1) is 14.8. The van der Waals surface area contributed by atoms with Crippen LogP contribution in [0.2, 0.25) is 0 Å². The Morgan fingerprint density at radius 3 is 2.39 bits per heavy atom. The van der Waals surface area contributed by atoms with E-state index in [0.29, 0.717) is 15.9 Å². The van der Waals surface area contributed by atoms with Gasteiger partial charge in [0.15, 0.2) is 4.34 Å². The Hall–Kier alpha value is -2.92. The van der Waals surface area contributed by atoms with Crippen LogP contribution in [0.15, 0.2) is 58.9 Å². The summed E-state index contributed by atoms with van der Waals surface area (Å²) in [7, 11) is 0. The minimum Gasteiger partial charge on any atom is -0.325 e. The number of para-hydroxylation sites is 1. The van der Waals surface area contributed by atoms with E-state index in [2.05, 4.69) is 20.8 Å². The molecule has 0 bridgehead atoms. The zero-order chi connectivity index (χ0) is 22.3. The van der Waals surface area contributed by atoms with E-state index in [4.69, 9.17) is 0 Å². The summed E-state index contributed by atoms with van der Waals surface area (Å²) in [6, 6.07) is 14.3. The van der Waals surface area contributed by atoms with Crippen molar-refractivity contribution < 1.29 is 22.8 Å². The molecule has 0 saturated carbocycles. The van der Waals surface area contributed by atoms with Crippen LogP contribution < -0.4 is 10.6 Å². The maximum atomic E-state index is 13.0. The monoisotopic (exact) mass is 466 g/mol. The van der Waals surface area contributed by atoms with Gasteiger partial charge >= 0.3 is 6.18 Å². The fraction of sp³-hybridized carbons (Fsp3) is 0.200. The fourth-order valence-corrected chi connectivity index (χ4v) is 4.12. The van der Waals surface area contributed by atoms with E-state index in [0.717, 1.165) is 34.7 Å². The van der Waals surface area contributed by atoms with Crippen LogP contribution in [0.1, 0.15) is 17.5 Å². The number of benzene rings is 2. The topological polar surface area (TPSA) is 84.0 Å². The molecule has 2 amide bonds. The average Bonchev–Trinajstić information content (AvgIpc) is 3.18. The zero-order valence-corrected chi connectivity index (χ0v) is 17.6. The van der Waals surface area contributed by atoms with Crippen LogP contribution in [0.4, 0.5) is 24.0 Å². The van der Waals surface area contributed by atoms with Crippen molar-refractivity contribution in [3.05, 3.63) is 65.7 Å². The number of carbonyl (C=O) groups is 2. The Bertz CT molecular complexity index is 1040. The molecule has 1 heterocycles. The Morgan fingerprint density at radius 2 is 1.65 bits per heavy atom. The maximum absolute atomic E-state index is 13.0. The minimum absolute atomic E-state index is 0.150. The third-order valence-electron chi connectivity index (χ3n) is 3.97. The Kier molecular flexibility index (Phi) is 7.64. The highest BCUT2D eigenvalue weighted by Gasteiger charge is 2.33. The van der Waals surface area contributed by atoms with E-state index >= 15 is 0 Å². The normalized spacial score (nSPS) is 11.2. The average molecular weight is 467 g/mol. The molecule has 3 rings (SSSR count). The molecule has 2 aromatic carbocycles. The molecule has 0 saturated heterocycles. The number of thioether (sulfide) groups is 1. The molecule has 162 valence electrons. The summed E-state index contributed by atoms with van der Waals surface area (Å²) in [4.78, 5) is 24.1. The van der Waals surface area contributed by atoms with E-state index in [1.54, 1.807) is 0 Å². The molecule has 3 aromatic rings. The van der Waals surface area contributed by atoms with Crippen molar-refractivity contribution in [3.63, 3.8) is 0 Å².